The number of carbonyl (C=O) groups excluding carboxylic acids is 1. The third-order valence-electron chi connectivity index (χ3n) is 1.84. The lowest BCUT2D eigenvalue weighted by Crippen LogP contribution is -1.93. The Hall–Kier alpha value is -2.29. The average molecular weight is 230 g/mol. The van der Waals surface area contributed by atoms with Gasteiger partial charge in [0.05, 0.1) is 6.26 Å². The van der Waals surface area contributed by atoms with Gasteiger partial charge in [-0.2, -0.15) is 0 Å². The maximum Gasteiger partial charge on any atom is 0.335 e. The SMILES string of the molecule is C=C(C)C=COC(=O)/C=C/c1ccc(O)cc1. The molecule has 0 radical (unpaired) electrons. The molecular weight excluding hydrogens is 216 g/mol. The second kappa shape index (κ2) is 6.33. The number of phenols is 1. The van der Waals surface area contributed by atoms with Crippen molar-refractivity contribution in [2.45, 2.75) is 6.92 Å². The standard InChI is InChI=1S/C14H14O3/c1-11(2)9-10-17-14(16)8-5-12-3-6-13(15)7-4-12/h3-10,15H,1H2,2H3/b8-5+,10-9?. The summed E-state index contributed by atoms with van der Waals surface area (Å²) in [5, 5.41) is 9.07. The van der Waals surface area contributed by atoms with Crippen LogP contribution in [0, 0.1) is 0 Å². The van der Waals surface area contributed by atoms with Gasteiger partial charge in [-0.1, -0.05) is 24.3 Å². The first-order valence-electron chi connectivity index (χ1n) is 5.08. The van der Waals surface area contributed by atoms with Gasteiger partial charge in [0.2, 0.25) is 0 Å². The minimum atomic E-state index is -0.462. The van der Waals surface area contributed by atoms with Crippen LogP contribution in [0.4, 0.5) is 0 Å². The van der Waals surface area contributed by atoms with Gasteiger partial charge in [0, 0.05) is 6.08 Å². The predicted octanol–water partition coefficient (Wildman–Crippen LogP) is 3.04. The van der Waals surface area contributed by atoms with E-state index in [1.807, 2.05) is 0 Å². The Morgan fingerprint density at radius 3 is 2.53 bits per heavy atom. The molecule has 0 atom stereocenters. The molecule has 0 saturated heterocycles. The lowest BCUT2D eigenvalue weighted by Gasteiger charge is -1.94. The number of esters is 1. The van der Waals surface area contributed by atoms with Gasteiger partial charge in [0.25, 0.3) is 0 Å². The van der Waals surface area contributed by atoms with E-state index in [4.69, 9.17) is 9.84 Å². The van der Waals surface area contributed by atoms with E-state index < -0.39 is 5.97 Å². The summed E-state index contributed by atoms with van der Waals surface area (Å²) in [6, 6.07) is 6.49. The Labute approximate surface area is 100 Å². The van der Waals surface area contributed by atoms with E-state index >= 15 is 0 Å². The zero-order valence-electron chi connectivity index (χ0n) is 9.59. The molecule has 88 valence electrons. The van der Waals surface area contributed by atoms with Crippen LogP contribution < -0.4 is 0 Å². The van der Waals surface area contributed by atoms with Crippen molar-refractivity contribution in [2.75, 3.05) is 0 Å². The molecule has 1 N–H and O–H groups in total. The fraction of sp³-hybridized carbons (Fsp3) is 0.0714. The number of rotatable bonds is 4. The van der Waals surface area contributed by atoms with Crippen molar-refractivity contribution in [1.29, 1.82) is 0 Å². The number of benzene rings is 1. The highest BCUT2D eigenvalue weighted by Gasteiger charge is 1.93. The van der Waals surface area contributed by atoms with Crippen LogP contribution in [0.2, 0.25) is 0 Å². The normalized spacial score (nSPS) is 10.9. The number of carbonyl (C=O) groups is 1. The third kappa shape index (κ3) is 5.37. The van der Waals surface area contributed by atoms with Gasteiger partial charge in [-0.05, 0) is 36.8 Å². The first kappa shape index (κ1) is 12.8. The lowest BCUT2D eigenvalue weighted by atomic mass is 10.2. The summed E-state index contributed by atoms with van der Waals surface area (Å²) in [6.45, 7) is 5.44. The summed E-state index contributed by atoms with van der Waals surface area (Å²) < 4.78 is 4.78. The average Bonchev–Trinajstić information content (AvgIpc) is 2.28. The van der Waals surface area contributed by atoms with Crippen molar-refractivity contribution in [2.24, 2.45) is 0 Å². The van der Waals surface area contributed by atoms with Crippen molar-refractivity contribution in [3.8, 4) is 5.75 Å². The van der Waals surface area contributed by atoms with E-state index in [0.717, 1.165) is 11.1 Å². The first-order valence-corrected chi connectivity index (χ1v) is 5.08. The number of hydrogen-bond acceptors (Lipinski definition) is 3. The smallest absolute Gasteiger partial charge is 0.335 e. The molecule has 0 amide bonds. The molecular formula is C14H14O3. The Morgan fingerprint density at radius 1 is 1.29 bits per heavy atom. The van der Waals surface area contributed by atoms with E-state index in [9.17, 15) is 4.79 Å². The fourth-order valence-corrected chi connectivity index (χ4v) is 1.01. The van der Waals surface area contributed by atoms with Crippen LogP contribution in [0.15, 0.2) is 54.8 Å². The zero-order chi connectivity index (χ0) is 12.7. The number of ether oxygens (including phenoxy) is 1. The highest BCUT2D eigenvalue weighted by Crippen LogP contribution is 2.10. The quantitative estimate of drug-likeness (QED) is 0.374. The van der Waals surface area contributed by atoms with Crippen LogP contribution in [-0.4, -0.2) is 11.1 Å². The van der Waals surface area contributed by atoms with Crippen molar-refractivity contribution >= 4 is 12.0 Å². The zero-order valence-corrected chi connectivity index (χ0v) is 9.59. The van der Waals surface area contributed by atoms with Crippen LogP contribution in [-0.2, 0) is 9.53 Å². The van der Waals surface area contributed by atoms with Gasteiger partial charge in [0.1, 0.15) is 5.75 Å². The van der Waals surface area contributed by atoms with Crippen LogP contribution in [0.5, 0.6) is 5.75 Å². The molecule has 0 heterocycles. The molecule has 3 heteroatoms. The number of phenolic OH excluding ortho intramolecular Hbond substituents is 1. The summed E-state index contributed by atoms with van der Waals surface area (Å²) in [6.07, 6.45) is 5.82. The summed E-state index contributed by atoms with van der Waals surface area (Å²) in [4.78, 5) is 11.2. The van der Waals surface area contributed by atoms with Crippen LogP contribution in [0.25, 0.3) is 6.08 Å². The largest absolute Gasteiger partial charge is 0.508 e. The van der Waals surface area contributed by atoms with Gasteiger partial charge >= 0.3 is 5.97 Å². The third-order valence-corrected chi connectivity index (χ3v) is 1.84. The lowest BCUT2D eigenvalue weighted by molar-refractivity contribution is -0.132. The van der Waals surface area contributed by atoms with Crippen molar-refractivity contribution in [3.05, 3.63) is 60.4 Å². The first-order chi connectivity index (χ1) is 8.08. The Kier molecular flexibility index (Phi) is 4.76. The number of aromatic hydroxyl groups is 1. The predicted molar refractivity (Wildman–Crippen MR) is 67.2 cm³/mol. The van der Waals surface area contributed by atoms with Crippen LogP contribution in [0.1, 0.15) is 12.5 Å². The molecule has 3 nitrogen and oxygen atoms in total. The molecule has 0 aliphatic heterocycles. The molecule has 0 saturated carbocycles. The molecule has 0 unspecified atom stereocenters. The highest BCUT2D eigenvalue weighted by atomic mass is 16.5. The maximum atomic E-state index is 11.2. The Balaban J connectivity index is 2.51. The van der Waals surface area contributed by atoms with Gasteiger partial charge in [-0.3, -0.25) is 0 Å². The molecule has 1 aromatic carbocycles. The molecule has 0 bridgehead atoms. The van der Waals surface area contributed by atoms with E-state index in [1.54, 1.807) is 43.3 Å². The van der Waals surface area contributed by atoms with Gasteiger partial charge in [-0.25, -0.2) is 4.79 Å². The second-order valence-electron chi connectivity index (χ2n) is 3.51. The molecule has 0 aliphatic rings. The molecule has 1 aromatic rings. The molecule has 1 rings (SSSR count). The summed E-state index contributed by atoms with van der Waals surface area (Å²) in [5.74, 6) is -0.273. The van der Waals surface area contributed by atoms with Gasteiger partial charge in [0.15, 0.2) is 0 Å². The Bertz CT molecular complexity index is 453. The fourth-order valence-electron chi connectivity index (χ4n) is 1.01. The minimum absolute atomic E-state index is 0.189. The van der Waals surface area contributed by atoms with E-state index in [2.05, 4.69) is 6.58 Å². The summed E-state index contributed by atoms with van der Waals surface area (Å²) in [5.41, 5.74) is 1.61. The van der Waals surface area contributed by atoms with Crippen LogP contribution >= 0.6 is 0 Å². The topological polar surface area (TPSA) is 46.5 Å². The molecule has 17 heavy (non-hydrogen) atoms. The van der Waals surface area contributed by atoms with Crippen molar-refractivity contribution in [3.63, 3.8) is 0 Å². The minimum Gasteiger partial charge on any atom is -0.508 e. The number of allylic oxidation sites excluding steroid dienone is 2. The molecule has 0 fully saturated rings. The van der Waals surface area contributed by atoms with Crippen molar-refractivity contribution < 1.29 is 14.6 Å². The molecule has 0 aromatic heterocycles. The molecule has 0 spiro atoms. The summed E-state index contributed by atoms with van der Waals surface area (Å²) >= 11 is 0. The second-order valence-corrected chi connectivity index (χ2v) is 3.51. The van der Waals surface area contributed by atoms with E-state index in [0.29, 0.717) is 0 Å². The summed E-state index contributed by atoms with van der Waals surface area (Å²) in [7, 11) is 0. The highest BCUT2D eigenvalue weighted by molar-refractivity contribution is 5.87. The Morgan fingerprint density at radius 2 is 1.94 bits per heavy atom. The maximum absolute atomic E-state index is 11.2. The monoisotopic (exact) mass is 230 g/mol. The van der Waals surface area contributed by atoms with E-state index in [1.165, 1.54) is 12.3 Å². The van der Waals surface area contributed by atoms with Gasteiger partial charge < -0.3 is 9.84 Å². The molecule has 0 aliphatic carbocycles. The van der Waals surface area contributed by atoms with Crippen molar-refractivity contribution in [1.82, 2.24) is 0 Å². The number of hydrogen-bond donors (Lipinski definition) is 1. The van der Waals surface area contributed by atoms with Crippen LogP contribution in [0.3, 0.4) is 0 Å². The van der Waals surface area contributed by atoms with Gasteiger partial charge in [-0.15, -0.1) is 0 Å². The van der Waals surface area contributed by atoms with E-state index in [-0.39, 0.29) is 5.75 Å².